The van der Waals surface area contributed by atoms with Gasteiger partial charge in [-0.1, -0.05) is 30.3 Å². The molecule has 0 spiro atoms. The molecule has 0 bridgehead atoms. The molecule has 0 fully saturated rings. The maximum atomic E-state index is 13.7. The molecule has 0 saturated carbocycles. The van der Waals surface area contributed by atoms with Crippen molar-refractivity contribution in [1.82, 2.24) is 9.88 Å². The van der Waals surface area contributed by atoms with E-state index in [0.717, 1.165) is 28.9 Å². The summed E-state index contributed by atoms with van der Waals surface area (Å²) in [6.45, 7) is 0.808. The molecule has 4 aromatic rings. The van der Waals surface area contributed by atoms with Crippen LogP contribution in [0.25, 0.3) is 10.9 Å². The Morgan fingerprint density at radius 2 is 1.84 bits per heavy atom. The Bertz CT molecular complexity index is 1330. The van der Waals surface area contributed by atoms with E-state index in [1.807, 2.05) is 41.3 Å². The zero-order valence-electron chi connectivity index (χ0n) is 17.6. The maximum absolute atomic E-state index is 13.7. The number of carbonyl (C=O) groups is 1. The molecule has 6 rings (SSSR count). The number of carbonyl (C=O) groups excluding carboxylic acids is 1. The number of ether oxygens (including phenoxy) is 3. The van der Waals surface area contributed by atoms with E-state index in [1.165, 1.54) is 10.9 Å². The normalized spacial score (nSPS) is 16.8. The minimum Gasteiger partial charge on any atom is -0.497 e. The molecular weight excluding hydrogens is 404 g/mol. The van der Waals surface area contributed by atoms with Crippen LogP contribution < -0.4 is 14.2 Å². The quantitative estimate of drug-likeness (QED) is 0.516. The molecule has 1 amide bonds. The lowest BCUT2D eigenvalue weighted by molar-refractivity contribution is 0.0691. The molecule has 3 aromatic carbocycles. The van der Waals surface area contributed by atoms with Gasteiger partial charge in [0.2, 0.25) is 6.79 Å². The average Bonchev–Trinajstić information content (AvgIpc) is 3.47. The third-order valence-corrected chi connectivity index (χ3v) is 6.35. The number of hydrogen-bond donors (Lipinski definition) is 1. The highest BCUT2D eigenvalue weighted by Crippen LogP contribution is 2.40. The van der Waals surface area contributed by atoms with Crippen LogP contribution in [0.15, 0.2) is 66.7 Å². The van der Waals surface area contributed by atoms with Gasteiger partial charge in [-0.15, -0.1) is 0 Å². The first-order chi connectivity index (χ1) is 15.7. The summed E-state index contributed by atoms with van der Waals surface area (Å²) in [5.74, 6) is 2.04. The molecule has 0 aliphatic carbocycles. The number of fused-ring (bicyclic) bond motifs is 4. The van der Waals surface area contributed by atoms with Crippen molar-refractivity contribution < 1.29 is 19.0 Å². The van der Waals surface area contributed by atoms with Gasteiger partial charge >= 0.3 is 0 Å². The third kappa shape index (κ3) is 2.91. The lowest BCUT2D eigenvalue weighted by atomic mass is 9.91. The molecule has 1 aromatic heterocycles. The Hall–Kier alpha value is -3.93. The van der Waals surface area contributed by atoms with E-state index >= 15 is 0 Å². The van der Waals surface area contributed by atoms with Crippen molar-refractivity contribution in [2.45, 2.75) is 12.5 Å². The van der Waals surface area contributed by atoms with Gasteiger partial charge in [0.05, 0.1) is 13.2 Å². The smallest absolute Gasteiger partial charge is 0.254 e. The van der Waals surface area contributed by atoms with Crippen LogP contribution in [0.5, 0.6) is 17.2 Å². The molecule has 1 unspecified atom stereocenters. The fourth-order valence-electron chi connectivity index (χ4n) is 4.79. The first-order valence-corrected chi connectivity index (χ1v) is 10.7. The van der Waals surface area contributed by atoms with E-state index in [1.54, 1.807) is 19.2 Å². The minimum atomic E-state index is -0.227. The molecule has 32 heavy (non-hydrogen) atoms. The van der Waals surface area contributed by atoms with Crippen molar-refractivity contribution in [3.8, 4) is 17.2 Å². The summed E-state index contributed by atoms with van der Waals surface area (Å²) >= 11 is 0. The standard InChI is InChI=1S/C26H22N2O4/c1-30-18-9-6-16(7-10-18)25-24-20(19-4-2-3-5-21(19)27-24)12-13-28(25)26(29)17-8-11-22-23(14-17)32-15-31-22/h2-11,14,25,27H,12-13,15H2,1H3. The first kappa shape index (κ1) is 18.8. The van der Waals surface area contributed by atoms with E-state index in [-0.39, 0.29) is 18.7 Å². The van der Waals surface area contributed by atoms with Gasteiger partial charge in [0.1, 0.15) is 5.75 Å². The minimum absolute atomic E-state index is 0.0339. The van der Waals surface area contributed by atoms with Gasteiger partial charge in [0, 0.05) is 28.7 Å². The zero-order chi connectivity index (χ0) is 21.7. The predicted octanol–water partition coefficient (Wildman–Crippen LogP) is 4.69. The van der Waals surface area contributed by atoms with E-state index in [2.05, 4.69) is 23.2 Å². The highest BCUT2D eigenvalue weighted by atomic mass is 16.7. The molecule has 2 aliphatic heterocycles. The number of para-hydroxylation sites is 1. The summed E-state index contributed by atoms with van der Waals surface area (Å²) in [4.78, 5) is 19.3. The fraction of sp³-hybridized carbons (Fsp3) is 0.192. The van der Waals surface area contributed by atoms with Gasteiger partial charge in [-0.25, -0.2) is 0 Å². The predicted molar refractivity (Wildman–Crippen MR) is 120 cm³/mol. The van der Waals surface area contributed by atoms with Crippen LogP contribution in [-0.2, 0) is 6.42 Å². The lowest BCUT2D eigenvalue weighted by Gasteiger charge is -2.36. The summed E-state index contributed by atoms with van der Waals surface area (Å²) in [6.07, 6.45) is 0.794. The second-order valence-corrected chi connectivity index (χ2v) is 8.06. The second kappa shape index (κ2) is 7.34. The summed E-state index contributed by atoms with van der Waals surface area (Å²) in [5, 5.41) is 1.22. The van der Waals surface area contributed by atoms with Gasteiger partial charge in [0.25, 0.3) is 5.91 Å². The highest BCUT2D eigenvalue weighted by Gasteiger charge is 2.35. The molecule has 1 N–H and O–H groups in total. The summed E-state index contributed by atoms with van der Waals surface area (Å²) in [5.41, 5.74) is 5.06. The van der Waals surface area contributed by atoms with E-state index < -0.39 is 0 Å². The van der Waals surface area contributed by atoms with Crippen LogP contribution >= 0.6 is 0 Å². The largest absolute Gasteiger partial charge is 0.497 e. The van der Waals surface area contributed by atoms with Crippen LogP contribution in [-0.4, -0.2) is 36.2 Å². The fourth-order valence-corrected chi connectivity index (χ4v) is 4.79. The topological polar surface area (TPSA) is 63.8 Å². The number of nitrogens with one attached hydrogen (secondary N) is 1. The lowest BCUT2D eigenvalue weighted by Crippen LogP contribution is -2.40. The second-order valence-electron chi connectivity index (χ2n) is 8.06. The van der Waals surface area contributed by atoms with Crippen molar-refractivity contribution >= 4 is 16.8 Å². The number of H-pyrrole nitrogens is 1. The van der Waals surface area contributed by atoms with E-state index in [4.69, 9.17) is 14.2 Å². The molecule has 0 saturated heterocycles. The third-order valence-electron chi connectivity index (χ3n) is 6.35. The van der Waals surface area contributed by atoms with Gasteiger partial charge < -0.3 is 24.1 Å². The number of nitrogens with zero attached hydrogens (tertiary/aromatic N) is 1. The van der Waals surface area contributed by atoms with Crippen LogP contribution in [0.3, 0.4) is 0 Å². The number of amides is 1. The van der Waals surface area contributed by atoms with Gasteiger partial charge in [-0.3, -0.25) is 4.79 Å². The SMILES string of the molecule is COc1ccc(C2c3[nH]c4ccccc4c3CCN2C(=O)c2ccc3c(c2)OCO3)cc1. The summed E-state index contributed by atoms with van der Waals surface area (Å²) < 4.78 is 16.3. The average molecular weight is 426 g/mol. The number of aromatic amines is 1. The Kier molecular flexibility index (Phi) is 4.31. The molecule has 1 atom stereocenters. The Morgan fingerprint density at radius 3 is 2.69 bits per heavy atom. The molecule has 3 heterocycles. The molecule has 0 radical (unpaired) electrons. The van der Waals surface area contributed by atoms with E-state index in [9.17, 15) is 4.79 Å². The van der Waals surface area contributed by atoms with Crippen molar-refractivity contribution in [2.24, 2.45) is 0 Å². The van der Waals surface area contributed by atoms with Gasteiger partial charge in [0.15, 0.2) is 11.5 Å². The number of methoxy groups -OCH3 is 1. The van der Waals surface area contributed by atoms with Crippen LogP contribution in [0.4, 0.5) is 0 Å². The highest BCUT2D eigenvalue weighted by molar-refractivity contribution is 5.96. The van der Waals surface area contributed by atoms with Crippen molar-refractivity contribution in [1.29, 1.82) is 0 Å². The first-order valence-electron chi connectivity index (χ1n) is 10.7. The summed E-state index contributed by atoms with van der Waals surface area (Å²) in [7, 11) is 1.65. The molecule has 6 heteroatoms. The maximum Gasteiger partial charge on any atom is 0.254 e. The van der Waals surface area contributed by atoms with Crippen LogP contribution in [0, 0.1) is 0 Å². The van der Waals surface area contributed by atoms with Crippen molar-refractivity contribution in [2.75, 3.05) is 20.4 Å². The van der Waals surface area contributed by atoms with Gasteiger partial charge in [-0.2, -0.15) is 0 Å². The van der Waals surface area contributed by atoms with Crippen LogP contribution in [0.2, 0.25) is 0 Å². The zero-order valence-corrected chi connectivity index (χ0v) is 17.6. The van der Waals surface area contributed by atoms with Crippen molar-refractivity contribution in [3.05, 3.63) is 89.1 Å². The number of rotatable bonds is 3. The number of benzene rings is 3. The Labute approximate surface area is 185 Å². The monoisotopic (exact) mass is 426 g/mol. The number of hydrogen-bond acceptors (Lipinski definition) is 4. The Morgan fingerprint density at radius 1 is 1.03 bits per heavy atom. The van der Waals surface area contributed by atoms with Crippen LogP contribution in [0.1, 0.15) is 33.2 Å². The number of aromatic nitrogens is 1. The molecular formula is C26H22N2O4. The van der Waals surface area contributed by atoms with E-state index in [0.29, 0.717) is 23.6 Å². The van der Waals surface area contributed by atoms with Crippen molar-refractivity contribution in [3.63, 3.8) is 0 Å². The molecule has 6 nitrogen and oxygen atoms in total. The molecule has 160 valence electrons. The molecule has 2 aliphatic rings. The van der Waals surface area contributed by atoms with Gasteiger partial charge in [-0.05, 0) is 53.9 Å². The Balaban J connectivity index is 1.46. The summed E-state index contributed by atoms with van der Waals surface area (Å²) in [6, 6.07) is 21.4.